The first kappa shape index (κ1) is 16.4. The molecule has 7 nitrogen and oxygen atoms in total. The number of nitrogens with one attached hydrogen (secondary N) is 1. The zero-order chi connectivity index (χ0) is 16.4. The quantitative estimate of drug-likeness (QED) is 0.842. The third-order valence-corrected chi connectivity index (χ3v) is 4.53. The van der Waals surface area contributed by atoms with Crippen molar-refractivity contribution < 1.29 is 9.21 Å². The molecule has 1 unspecified atom stereocenters. The lowest BCUT2D eigenvalue weighted by molar-refractivity contribution is -0.127. The highest BCUT2D eigenvalue weighted by Crippen LogP contribution is 2.39. The molecule has 128 valence electrons. The number of nitrogens with zero attached hydrogens (tertiary/aromatic N) is 4. The van der Waals surface area contributed by atoms with Crippen molar-refractivity contribution in [1.82, 2.24) is 25.3 Å². The fraction of sp³-hybridized carbons (Fsp3) is 0.812. The number of aromatic nitrogens is 2. The summed E-state index contributed by atoms with van der Waals surface area (Å²) in [6, 6.07) is 0.105. The van der Waals surface area contributed by atoms with E-state index in [9.17, 15) is 4.79 Å². The molecular formula is C16H27N5O2. The average molecular weight is 321 g/mol. The number of carbonyl (C=O) groups is 1. The molecule has 1 aromatic rings. The monoisotopic (exact) mass is 321 g/mol. The van der Waals surface area contributed by atoms with E-state index in [1.807, 2.05) is 20.8 Å². The first-order valence-corrected chi connectivity index (χ1v) is 8.62. The molecule has 3 rings (SSSR count). The van der Waals surface area contributed by atoms with Gasteiger partial charge in [-0.1, -0.05) is 0 Å². The number of hydrogen-bond acceptors (Lipinski definition) is 6. The van der Waals surface area contributed by atoms with Crippen LogP contribution in [0, 0.1) is 0 Å². The van der Waals surface area contributed by atoms with Gasteiger partial charge in [-0.05, 0) is 33.6 Å². The summed E-state index contributed by atoms with van der Waals surface area (Å²) in [5.41, 5.74) is 0. The van der Waals surface area contributed by atoms with Crippen LogP contribution in [0.3, 0.4) is 0 Å². The zero-order valence-corrected chi connectivity index (χ0v) is 14.3. The van der Waals surface area contributed by atoms with Crippen molar-refractivity contribution >= 4 is 5.91 Å². The minimum atomic E-state index is -0.0792. The second-order valence-electron chi connectivity index (χ2n) is 6.96. The minimum absolute atomic E-state index is 0.0792. The highest BCUT2D eigenvalue weighted by atomic mass is 16.4. The van der Waals surface area contributed by atoms with E-state index in [1.165, 1.54) is 12.8 Å². The van der Waals surface area contributed by atoms with Crippen molar-refractivity contribution in [2.24, 2.45) is 0 Å². The van der Waals surface area contributed by atoms with Gasteiger partial charge in [0.25, 0.3) is 0 Å². The number of carbonyl (C=O) groups excluding carboxylic acids is 1. The van der Waals surface area contributed by atoms with Gasteiger partial charge in [-0.15, -0.1) is 10.2 Å². The predicted molar refractivity (Wildman–Crippen MR) is 85.9 cm³/mol. The molecule has 0 aromatic carbocycles. The number of rotatable bonds is 6. The lowest BCUT2D eigenvalue weighted by Gasteiger charge is -2.37. The van der Waals surface area contributed by atoms with Gasteiger partial charge in [-0.25, -0.2) is 0 Å². The second kappa shape index (κ2) is 6.97. The fourth-order valence-electron chi connectivity index (χ4n) is 2.90. The first-order valence-electron chi connectivity index (χ1n) is 8.62. The van der Waals surface area contributed by atoms with Crippen LogP contribution in [0.2, 0.25) is 0 Å². The fourth-order valence-corrected chi connectivity index (χ4v) is 2.90. The van der Waals surface area contributed by atoms with Gasteiger partial charge in [-0.3, -0.25) is 14.6 Å². The third kappa shape index (κ3) is 4.29. The molecule has 23 heavy (non-hydrogen) atoms. The second-order valence-corrected chi connectivity index (χ2v) is 6.96. The molecule has 7 heteroatoms. The summed E-state index contributed by atoms with van der Waals surface area (Å²) in [6.07, 6.45) is 2.35. The summed E-state index contributed by atoms with van der Waals surface area (Å²) in [5.74, 6) is 2.14. The Morgan fingerprint density at radius 1 is 1.22 bits per heavy atom. The first-order chi connectivity index (χ1) is 11.0. The summed E-state index contributed by atoms with van der Waals surface area (Å²) < 4.78 is 5.72. The molecule has 0 bridgehead atoms. The molecule has 0 radical (unpaired) electrons. The van der Waals surface area contributed by atoms with Crippen molar-refractivity contribution in [2.75, 3.05) is 26.2 Å². The van der Waals surface area contributed by atoms with Gasteiger partial charge in [-0.2, -0.15) is 0 Å². The Labute approximate surface area is 137 Å². The molecule has 1 N–H and O–H groups in total. The zero-order valence-electron chi connectivity index (χ0n) is 14.3. The summed E-state index contributed by atoms with van der Waals surface area (Å²) in [5, 5.41) is 11.3. The van der Waals surface area contributed by atoms with E-state index in [0.717, 1.165) is 32.1 Å². The molecule has 1 atom stereocenters. The highest BCUT2D eigenvalue weighted by Gasteiger charge is 2.30. The Morgan fingerprint density at radius 3 is 2.52 bits per heavy atom. The van der Waals surface area contributed by atoms with Crippen molar-refractivity contribution in [3.05, 3.63) is 11.8 Å². The van der Waals surface area contributed by atoms with Gasteiger partial charge in [0.05, 0.1) is 12.6 Å². The van der Waals surface area contributed by atoms with Crippen LogP contribution in [0.25, 0.3) is 0 Å². The number of hydrogen-bond donors (Lipinski definition) is 1. The molecule has 0 spiro atoms. The van der Waals surface area contributed by atoms with Crippen LogP contribution in [-0.4, -0.2) is 64.2 Å². The van der Waals surface area contributed by atoms with E-state index in [4.69, 9.17) is 4.42 Å². The average Bonchev–Trinajstić information content (AvgIpc) is 3.27. The lowest BCUT2D eigenvalue weighted by Crippen LogP contribution is -2.54. The maximum absolute atomic E-state index is 12.1. The van der Waals surface area contributed by atoms with Crippen LogP contribution >= 0.6 is 0 Å². The SMILES string of the molecule is CC(C)NC(=O)C(C)N1CCN(Cc2nnc(C3CC3)o2)CC1. The van der Waals surface area contributed by atoms with Crippen molar-refractivity contribution in [1.29, 1.82) is 0 Å². The van der Waals surface area contributed by atoms with Gasteiger partial charge in [0.15, 0.2) is 0 Å². The maximum atomic E-state index is 12.1. The molecule has 1 aliphatic heterocycles. The summed E-state index contributed by atoms with van der Waals surface area (Å²) in [7, 11) is 0. The molecule has 1 aliphatic carbocycles. The van der Waals surface area contributed by atoms with E-state index in [1.54, 1.807) is 0 Å². The highest BCUT2D eigenvalue weighted by molar-refractivity contribution is 5.81. The predicted octanol–water partition coefficient (Wildman–Crippen LogP) is 0.978. The van der Waals surface area contributed by atoms with Crippen LogP contribution in [0.4, 0.5) is 0 Å². The normalized spacial score (nSPS) is 21.6. The molecule has 1 saturated heterocycles. The van der Waals surface area contributed by atoms with Gasteiger partial charge in [0, 0.05) is 38.1 Å². The van der Waals surface area contributed by atoms with E-state index in [2.05, 4.69) is 25.3 Å². The molecule has 2 heterocycles. The largest absolute Gasteiger partial charge is 0.424 e. The Bertz CT molecular complexity index is 532. The Hall–Kier alpha value is -1.47. The maximum Gasteiger partial charge on any atom is 0.237 e. The Balaban J connectivity index is 1.45. The van der Waals surface area contributed by atoms with Crippen LogP contribution in [0.5, 0.6) is 0 Å². The molecular weight excluding hydrogens is 294 g/mol. The van der Waals surface area contributed by atoms with Crippen LogP contribution in [0.1, 0.15) is 51.3 Å². The van der Waals surface area contributed by atoms with Crippen LogP contribution < -0.4 is 5.32 Å². The number of amides is 1. The standard InChI is InChI=1S/C16H27N5O2/c1-11(2)17-15(22)12(3)21-8-6-20(7-9-21)10-14-18-19-16(23-14)13-4-5-13/h11-13H,4-10H2,1-3H3,(H,17,22). The van der Waals surface area contributed by atoms with Gasteiger partial charge in [0.2, 0.25) is 17.7 Å². The Morgan fingerprint density at radius 2 is 1.91 bits per heavy atom. The van der Waals surface area contributed by atoms with Gasteiger partial charge in [0.1, 0.15) is 0 Å². The molecule has 2 aliphatic rings. The molecule has 1 aromatic heterocycles. The van der Waals surface area contributed by atoms with E-state index < -0.39 is 0 Å². The summed E-state index contributed by atoms with van der Waals surface area (Å²) in [4.78, 5) is 16.6. The topological polar surface area (TPSA) is 74.5 Å². The van der Waals surface area contributed by atoms with E-state index >= 15 is 0 Å². The van der Waals surface area contributed by atoms with Crippen LogP contribution in [0.15, 0.2) is 4.42 Å². The molecule has 2 fully saturated rings. The van der Waals surface area contributed by atoms with Crippen molar-refractivity contribution in [3.8, 4) is 0 Å². The molecule has 1 amide bonds. The van der Waals surface area contributed by atoms with E-state index in [-0.39, 0.29) is 18.0 Å². The summed E-state index contributed by atoms with van der Waals surface area (Å²) in [6.45, 7) is 10.3. The minimum Gasteiger partial charge on any atom is -0.424 e. The van der Waals surface area contributed by atoms with Gasteiger partial charge < -0.3 is 9.73 Å². The van der Waals surface area contributed by atoms with Crippen molar-refractivity contribution in [2.45, 2.75) is 58.2 Å². The third-order valence-electron chi connectivity index (χ3n) is 4.53. The smallest absolute Gasteiger partial charge is 0.237 e. The number of piperazine rings is 1. The van der Waals surface area contributed by atoms with Gasteiger partial charge >= 0.3 is 0 Å². The van der Waals surface area contributed by atoms with Crippen molar-refractivity contribution in [3.63, 3.8) is 0 Å². The van der Waals surface area contributed by atoms with E-state index in [0.29, 0.717) is 18.4 Å². The Kier molecular flexibility index (Phi) is 4.96. The molecule has 1 saturated carbocycles. The lowest BCUT2D eigenvalue weighted by atomic mass is 10.2. The van der Waals surface area contributed by atoms with Crippen LogP contribution in [-0.2, 0) is 11.3 Å². The summed E-state index contributed by atoms with van der Waals surface area (Å²) >= 11 is 0.